The van der Waals surface area contributed by atoms with Crippen LogP contribution < -0.4 is 0 Å². The number of hydrogen-bond acceptors (Lipinski definition) is 3. The molecule has 11 heavy (non-hydrogen) atoms. The predicted molar refractivity (Wildman–Crippen MR) is 46.2 cm³/mol. The van der Waals surface area contributed by atoms with Gasteiger partial charge in [0.15, 0.2) is 0 Å². The van der Waals surface area contributed by atoms with E-state index >= 15 is 0 Å². The lowest BCUT2D eigenvalue weighted by molar-refractivity contribution is -0.137. The SMILES string of the molecule is O=C(O)CCCC1=NCCS1. The average molecular weight is 173 g/mol. The third kappa shape index (κ3) is 3.41. The zero-order valence-electron chi connectivity index (χ0n) is 6.25. The van der Waals surface area contributed by atoms with E-state index in [0.29, 0.717) is 0 Å². The number of nitrogens with zero attached hydrogens (tertiary/aromatic N) is 1. The topological polar surface area (TPSA) is 49.7 Å². The number of rotatable bonds is 4. The molecule has 62 valence electrons. The molecule has 0 atom stereocenters. The summed E-state index contributed by atoms with van der Waals surface area (Å²) in [5.41, 5.74) is 0. The number of carboxylic acids is 1. The molecule has 1 aliphatic rings. The Kier molecular flexibility index (Phi) is 3.42. The summed E-state index contributed by atoms with van der Waals surface area (Å²) in [5.74, 6) is 0.358. The largest absolute Gasteiger partial charge is 0.481 e. The monoisotopic (exact) mass is 173 g/mol. The van der Waals surface area contributed by atoms with E-state index in [-0.39, 0.29) is 6.42 Å². The lowest BCUT2D eigenvalue weighted by Gasteiger charge is -1.95. The standard InChI is InChI=1S/C7H11NO2S/c9-7(10)3-1-2-6-8-4-5-11-6/h1-5H2,(H,9,10). The van der Waals surface area contributed by atoms with Crippen molar-refractivity contribution in [2.45, 2.75) is 19.3 Å². The average Bonchev–Trinajstić information content (AvgIpc) is 2.39. The molecule has 0 radical (unpaired) electrons. The maximum Gasteiger partial charge on any atom is 0.303 e. The van der Waals surface area contributed by atoms with E-state index in [1.807, 2.05) is 0 Å². The molecule has 0 spiro atoms. The van der Waals surface area contributed by atoms with E-state index in [9.17, 15) is 4.79 Å². The fourth-order valence-electron chi connectivity index (χ4n) is 0.922. The van der Waals surface area contributed by atoms with Gasteiger partial charge in [0.1, 0.15) is 0 Å². The normalized spacial score (nSPS) is 16.5. The minimum atomic E-state index is -0.714. The van der Waals surface area contributed by atoms with E-state index in [2.05, 4.69) is 4.99 Å². The van der Waals surface area contributed by atoms with Crippen LogP contribution in [0.1, 0.15) is 19.3 Å². The zero-order valence-corrected chi connectivity index (χ0v) is 7.06. The van der Waals surface area contributed by atoms with Crippen molar-refractivity contribution in [3.8, 4) is 0 Å². The second kappa shape index (κ2) is 4.38. The van der Waals surface area contributed by atoms with Gasteiger partial charge in [-0.25, -0.2) is 0 Å². The van der Waals surface area contributed by atoms with Gasteiger partial charge < -0.3 is 5.11 Å². The first-order chi connectivity index (χ1) is 5.29. The molecule has 1 heterocycles. The number of aliphatic carboxylic acids is 1. The van der Waals surface area contributed by atoms with Crippen molar-refractivity contribution in [3.63, 3.8) is 0 Å². The molecule has 0 amide bonds. The summed E-state index contributed by atoms with van der Waals surface area (Å²) in [6.45, 7) is 0.910. The van der Waals surface area contributed by atoms with Crippen molar-refractivity contribution >= 4 is 22.8 Å². The Morgan fingerprint density at radius 3 is 3.09 bits per heavy atom. The van der Waals surface area contributed by atoms with Crippen LogP contribution in [0.4, 0.5) is 0 Å². The van der Waals surface area contributed by atoms with Crippen LogP contribution >= 0.6 is 11.8 Å². The molecule has 0 aromatic rings. The highest BCUT2D eigenvalue weighted by Crippen LogP contribution is 2.16. The lowest BCUT2D eigenvalue weighted by atomic mass is 10.2. The first-order valence-electron chi connectivity index (χ1n) is 3.67. The van der Waals surface area contributed by atoms with Gasteiger partial charge in [0.05, 0.1) is 5.04 Å². The van der Waals surface area contributed by atoms with Gasteiger partial charge in [0.2, 0.25) is 0 Å². The van der Waals surface area contributed by atoms with Crippen molar-refractivity contribution in [2.75, 3.05) is 12.3 Å². The number of aliphatic imine (C=N–C) groups is 1. The molecule has 0 fully saturated rings. The smallest absolute Gasteiger partial charge is 0.303 e. The quantitative estimate of drug-likeness (QED) is 0.698. The Labute approximate surface area is 69.9 Å². The van der Waals surface area contributed by atoms with Crippen molar-refractivity contribution in [3.05, 3.63) is 0 Å². The number of hydrogen-bond donors (Lipinski definition) is 1. The van der Waals surface area contributed by atoms with Gasteiger partial charge in [-0.3, -0.25) is 9.79 Å². The highest BCUT2D eigenvalue weighted by atomic mass is 32.2. The summed E-state index contributed by atoms with van der Waals surface area (Å²) in [5, 5.41) is 9.47. The number of carbonyl (C=O) groups is 1. The zero-order chi connectivity index (χ0) is 8.10. The molecule has 1 N–H and O–H groups in total. The van der Waals surface area contributed by atoms with E-state index in [0.717, 1.165) is 30.2 Å². The van der Waals surface area contributed by atoms with Crippen molar-refractivity contribution < 1.29 is 9.90 Å². The summed E-state index contributed by atoms with van der Waals surface area (Å²) >= 11 is 1.75. The Hall–Kier alpha value is -0.510. The summed E-state index contributed by atoms with van der Waals surface area (Å²) in [4.78, 5) is 14.3. The fourth-order valence-corrected chi connectivity index (χ4v) is 1.81. The molecule has 0 bridgehead atoms. The predicted octanol–water partition coefficient (Wildman–Crippen LogP) is 1.39. The molecule has 0 aromatic heterocycles. The number of carboxylic acid groups (broad SMARTS) is 1. The van der Waals surface area contributed by atoms with Crippen LogP contribution in [0.15, 0.2) is 4.99 Å². The molecule has 0 aromatic carbocycles. The van der Waals surface area contributed by atoms with Crippen LogP contribution in [0.25, 0.3) is 0 Å². The van der Waals surface area contributed by atoms with E-state index < -0.39 is 5.97 Å². The van der Waals surface area contributed by atoms with Crippen molar-refractivity contribution in [2.24, 2.45) is 4.99 Å². The molecule has 1 aliphatic heterocycles. The van der Waals surface area contributed by atoms with Crippen LogP contribution in [-0.4, -0.2) is 28.4 Å². The number of thioether (sulfide) groups is 1. The summed E-state index contributed by atoms with van der Waals surface area (Å²) in [6, 6.07) is 0. The molecule has 4 heteroatoms. The molecule has 1 rings (SSSR count). The second-order valence-corrected chi connectivity index (χ2v) is 3.54. The van der Waals surface area contributed by atoms with Crippen LogP contribution in [0, 0.1) is 0 Å². The molecular formula is C7H11NO2S. The fraction of sp³-hybridized carbons (Fsp3) is 0.714. The van der Waals surface area contributed by atoms with Crippen LogP contribution in [0.3, 0.4) is 0 Å². The van der Waals surface area contributed by atoms with Gasteiger partial charge in [-0.05, 0) is 12.8 Å². The lowest BCUT2D eigenvalue weighted by Crippen LogP contribution is -1.96. The first-order valence-corrected chi connectivity index (χ1v) is 4.65. The van der Waals surface area contributed by atoms with Gasteiger partial charge >= 0.3 is 5.97 Å². The highest BCUT2D eigenvalue weighted by molar-refractivity contribution is 8.14. The molecular weight excluding hydrogens is 162 g/mol. The minimum Gasteiger partial charge on any atom is -0.481 e. The summed E-state index contributed by atoms with van der Waals surface area (Å²) in [6.07, 6.45) is 1.83. The Balaban J connectivity index is 2.07. The third-order valence-electron chi connectivity index (χ3n) is 1.43. The molecule has 3 nitrogen and oxygen atoms in total. The van der Waals surface area contributed by atoms with Gasteiger partial charge in [-0.15, -0.1) is 11.8 Å². The van der Waals surface area contributed by atoms with Crippen molar-refractivity contribution in [1.29, 1.82) is 0 Å². The van der Waals surface area contributed by atoms with Gasteiger partial charge in [0.25, 0.3) is 0 Å². The summed E-state index contributed by atoms with van der Waals surface area (Å²) in [7, 11) is 0. The highest BCUT2D eigenvalue weighted by Gasteiger charge is 2.06. The van der Waals surface area contributed by atoms with Gasteiger partial charge in [0, 0.05) is 18.7 Å². The Morgan fingerprint density at radius 2 is 2.55 bits per heavy atom. The van der Waals surface area contributed by atoms with E-state index in [4.69, 9.17) is 5.11 Å². The molecule has 0 aliphatic carbocycles. The maximum absolute atomic E-state index is 10.1. The minimum absolute atomic E-state index is 0.263. The third-order valence-corrected chi connectivity index (χ3v) is 2.48. The maximum atomic E-state index is 10.1. The van der Waals surface area contributed by atoms with E-state index in [1.165, 1.54) is 0 Å². The Morgan fingerprint density at radius 1 is 1.73 bits per heavy atom. The second-order valence-electron chi connectivity index (χ2n) is 2.37. The van der Waals surface area contributed by atoms with Crippen LogP contribution in [0.2, 0.25) is 0 Å². The first kappa shape index (κ1) is 8.59. The summed E-state index contributed by atoms with van der Waals surface area (Å²) < 4.78 is 0. The van der Waals surface area contributed by atoms with Crippen LogP contribution in [0.5, 0.6) is 0 Å². The molecule has 0 saturated carbocycles. The van der Waals surface area contributed by atoms with Crippen molar-refractivity contribution in [1.82, 2.24) is 0 Å². The van der Waals surface area contributed by atoms with Crippen LogP contribution in [-0.2, 0) is 4.79 Å². The van der Waals surface area contributed by atoms with Gasteiger partial charge in [-0.1, -0.05) is 0 Å². The molecule has 0 saturated heterocycles. The van der Waals surface area contributed by atoms with Gasteiger partial charge in [-0.2, -0.15) is 0 Å². The molecule has 0 unspecified atom stereocenters. The van der Waals surface area contributed by atoms with E-state index in [1.54, 1.807) is 11.8 Å². The Bertz CT molecular complexity index is 179.